The molecule has 2 aromatic carbocycles. The second kappa shape index (κ2) is 6.40. The first-order chi connectivity index (χ1) is 12.9. The molecule has 0 radical (unpaired) electrons. The average Bonchev–Trinajstić information content (AvgIpc) is 3.08. The Bertz CT molecular complexity index is 1080. The minimum atomic E-state index is -0.594. The number of thioether (sulfide) groups is 1. The molecule has 4 rings (SSSR count). The van der Waals surface area contributed by atoms with E-state index in [9.17, 15) is 18.8 Å². The third-order valence-corrected chi connectivity index (χ3v) is 5.61. The zero-order valence-electron chi connectivity index (χ0n) is 13.9. The molecule has 2 aliphatic rings. The Balaban J connectivity index is 1.89. The number of halogens is 1. The second-order valence-corrected chi connectivity index (χ2v) is 7.48. The van der Waals surface area contributed by atoms with Gasteiger partial charge in [0.1, 0.15) is 5.82 Å². The summed E-state index contributed by atoms with van der Waals surface area (Å²) in [5, 5.41) is 0. The van der Waals surface area contributed by atoms with E-state index in [2.05, 4.69) is 0 Å². The Morgan fingerprint density at radius 3 is 2.30 bits per heavy atom. The van der Waals surface area contributed by atoms with Gasteiger partial charge in [-0.15, -0.1) is 0 Å². The molecule has 1 saturated heterocycles. The van der Waals surface area contributed by atoms with E-state index >= 15 is 0 Å². The van der Waals surface area contributed by atoms with Gasteiger partial charge in [0.2, 0.25) is 5.91 Å². The van der Waals surface area contributed by atoms with Crippen LogP contribution in [0, 0.1) is 5.82 Å². The fraction of sp³-hybridized carbons (Fsp3) is 0.0526. The number of hydrogen-bond acceptors (Lipinski definition) is 5. The van der Waals surface area contributed by atoms with Crippen LogP contribution in [-0.4, -0.2) is 22.0 Å². The maximum Gasteiger partial charge on any atom is 0.271 e. The van der Waals surface area contributed by atoms with Gasteiger partial charge < -0.3 is 0 Å². The van der Waals surface area contributed by atoms with Gasteiger partial charge in [0.25, 0.3) is 11.8 Å². The van der Waals surface area contributed by atoms with Crippen molar-refractivity contribution in [3.8, 4) is 0 Å². The number of imide groups is 1. The molecule has 2 aromatic rings. The number of carbonyl (C=O) groups excluding carboxylic acids is 3. The van der Waals surface area contributed by atoms with Crippen LogP contribution in [0.25, 0.3) is 5.57 Å². The number of anilines is 2. The van der Waals surface area contributed by atoms with Gasteiger partial charge in [0.05, 0.1) is 21.9 Å². The highest BCUT2D eigenvalue weighted by molar-refractivity contribution is 8.27. The Labute approximate surface area is 163 Å². The molecule has 1 fully saturated rings. The summed E-state index contributed by atoms with van der Waals surface area (Å²) in [4.78, 5) is 40.1. The number of rotatable bonds is 1. The van der Waals surface area contributed by atoms with E-state index in [0.29, 0.717) is 11.3 Å². The first-order valence-electron chi connectivity index (χ1n) is 7.91. The van der Waals surface area contributed by atoms with Crippen LogP contribution in [0.1, 0.15) is 12.5 Å². The fourth-order valence-electron chi connectivity index (χ4n) is 3.11. The summed E-state index contributed by atoms with van der Waals surface area (Å²) in [5.74, 6) is -2.22. The quantitative estimate of drug-likeness (QED) is 0.544. The molecule has 5 nitrogen and oxygen atoms in total. The number of fused-ring (bicyclic) bond motifs is 1. The molecule has 0 atom stereocenters. The lowest BCUT2D eigenvalue weighted by molar-refractivity contribution is -0.122. The lowest BCUT2D eigenvalue weighted by atomic mass is 10.1. The van der Waals surface area contributed by atoms with Crippen LogP contribution < -0.4 is 9.80 Å². The topological polar surface area (TPSA) is 57.7 Å². The first-order valence-corrected chi connectivity index (χ1v) is 9.13. The van der Waals surface area contributed by atoms with Crippen molar-refractivity contribution in [1.29, 1.82) is 0 Å². The van der Waals surface area contributed by atoms with Gasteiger partial charge in [0, 0.05) is 12.5 Å². The Kier molecular flexibility index (Phi) is 4.16. The standard InChI is InChI=1S/C19H11FN2O3S2/c1-10(23)21-13-8-4-2-6-11(13)15(17(21)24)16-18(25)22(19(26)27-16)14-9-5-3-7-12(14)20/h2-9H,1H3/b16-15+. The molecule has 3 amide bonds. The van der Waals surface area contributed by atoms with Crippen molar-refractivity contribution in [3.63, 3.8) is 0 Å². The lowest BCUT2D eigenvalue weighted by Gasteiger charge is -2.15. The van der Waals surface area contributed by atoms with Crippen molar-refractivity contribution in [1.82, 2.24) is 0 Å². The number of thiocarbonyl (C=S) groups is 1. The Hall–Kier alpha value is -2.84. The molecular formula is C19H11FN2O3S2. The predicted octanol–water partition coefficient (Wildman–Crippen LogP) is 3.49. The van der Waals surface area contributed by atoms with E-state index in [1.165, 1.54) is 25.1 Å². The van der Waals surface area contributed by atoms with Gasteiger partial charge >= 0.3 is 0 Å². The minimum absolute atomic E-state index is 0.0257. The second-order valence-electron chi connectivity index (χ2n) is 5.84. The normalized spacial score (nSPS) is 19.1. The number of hydrogen-bond donors (Lipinski definition) is 0. The van der Waals surface area contributed by atoms with Crippen molar-refractivity contribution >= 4 is 63.0 Å². The molecule has 0 spiro atoms. The summed E-state index contributed by atoms with van der Waals surface area (Å²) in [7, 11) is 0. The molecule has 0 unspecified atom stereocenters. The molecule has 0 N–H and O–H groups in total. The maximum atomic E-state index is 14.2. The molecule has 0 aromatic heterocycles. The van der Waals surface area contributed by atoms with E-state index in [1.54, 1.807) is 30.3 Å². The molecule has 27 heavy (non-hydrogen) atoms. The maximum absolute atomic E-state index is 14.2. The van der Waals surface area contributed by atoms with Gasteiger partial charge in [-0.3, -0.25) is 19.3 Å². The summed E-state index contributed by atoms with van der Waals surface area (Å²) in [6.45, 7) is 1.28. The molecule has 8 heteroatoms. The molecule has 0 aliphatic carbocycles. The fourth-order valence-corrected chi connectivity index (χ4v) is 4.46. The highest BCUT2D eigenvalue weighted by Gasteiger charge is 2.44. The van der Waals surface area contributed by atoms with Gasteiger partial charge in [-0.1, -0.05) is 54.3 Å². The van der Waals surface area contributed by atoms with E-state index in [4.69, 9.17) is 12.2 Å². The first kappa shape index (κ1) is 17.6. The zero-order valence-corrected chi connectivity index (χ0v) is 15.6. The van der Waals surface area contributed by atoms with Crippen LogP contribution in [0.3, 0.4) is 0 Å². The van der Waals surface area contributed by atoms with Gasteiger partial charge in [-0.05, 0) is 18.2 Å². The number of nitrogens with zero attached hydrogens (tertiary/aromatic N) is 2. The van der Waals surface area contributed by atoms with Crippen molar-refractivity contribution in [2.45, 2.75) is 6.92 Å². The molecular weight excluding hydrogens is 387 g/mol. The zero-order chi connectivity index (χ0) is 19.3. The summed E-state index contributed by atoms with van der Waals surface area (Å²) in [6, 6.07) is 12.5. The summed E-state index contributed by atoms with van der Waals surface area (Å²) < 4.78 is 14.3. The highest BCUT2D eigenvalue weighted by Crippen LogP contribution is 2.45. The molecule has 0 saturated carbocycles. The van der Waals surface area contributed by atoms with Crippen LogP contribution in [0.15, 0.2) is 53.4 Å². The van der Waals surface area contributed by atoms with Crippen molar-refractivity contribution in [2.24, 2.45) is 0 Å². The lowest BCUT2D eigenvalue weighted by Crippen LogP contribution is -2.32. The van der Waals surface area contributed by atoms with Crippen LogP contribution in [-0.2, 0) is 14.4 Å². The minimum Gasteiger partial charge on any atom is -0.274 e. The van der Waals surface area contributed by atoms with E-state index in [-0.39, 0.29) is 20.5 Å². The van der Waals surface area contributed by atoms with E-state index in [1.807, 2.05) is 0 Å². The van der Waals surface area contributed by atoms with Crippen molar-refractivity contribution < 1.29 is 18.8 Å². The van der Waals surface area contributed by atoms with Gasteiger partial charge in [-0.2, -0.15) is 0 Å². The number of carbonyl (C=O) groups is 3. The Morgan fingerprint density at radius 2 is 1.63 bits per heavy atom. The van der Waals surface area contributed by atoms with Crippen molar-refractivity contribution in [2.75, 3.05) is 9.80 Å². The third-order valence-electron chi connectivity index (χ3n) is 4.24. The van der Waals surface area contributed by atoms with Crippen LogP contribution in [0.2, 0.25) is 0 Å². The number of benzene rings is 2. The van der Waals surface area contributed by atoms with Crippen LogP contribution >= 0.6 is 24.0 Å². The number of para-hydroxylation sites is 2. The van der Waals surface area contributed by atoms with Crippen LogP contribution in [0.5, 0.6) is 0 Å². The average molecular weight is 398 g/mol. The van der Waals surface area contributed by atoms with Crippen LogP contribution in [0.4, 0.5) is 15.8 Å². The Morgan fingerprint density at radius 1 is 1.00 bits per heavy atom. The van der Waals surface area contributed by atoms with Gasteiger partial charge in [0.15, 0.2) is 4.32 Å². The van der Waals surface area contributed by atoms with Crippen molar-refractivity contribution in [3.05, 3.63) is 64.8 Å². The predicted molar refractivity (Wildman–Crippen MR) is 106 cm³/mol. The molecule has 2 aliphatic heterocycles. The summed E-state index contributed by atoms with van der Waals surface area (Å²) in [6.07, 6.45) is 0. The summed E-state index contributed by atoms with van der Waals surface area (Å²) >= 11 is 6.19. The van der Waals surface area contributed by atoms with E-state index in [0.717, 1.165) is 21.6 Å². The monoisotopic (exact) mass is 398 g/mol. The number of amides is 3. The largest absolute Gasteiger partial charge is 0.274 e. The smallest absolute Gasteiger partial charge is 0.271 e. The van der Waals surface area contributed by atoms with Gasteiger partial charge in [-0.25, -0.2) is 9.29 Å². The third kappa shape index (κ3) is 2.60. The molecule has 0 bridgehead atoms. The van der Waals surface area contributed by atoms with E-state index < -0.39 is 23.5 Å². The molecule has 134 valence electrons. The SMILES string of the molecule is CC(=O)N1C(=O)/C(=C2/SC(=S)N(c3ccccc3F)C2=O)c2ccccc21. The molecule has 2 heterocycles. The summed E-state index contributed by atoms with van der Waals surface area (Å²) in [5.41, 5.74) is 1.03. The highest BCUT2D eigenvalue weighted by atomic mass is 32.2.